The molecule has 0 aromatic heterocycles. The predicted molar refractivity (Wildman–Crippen MR) is 64.6 cm³/mol. The van der Waals surface area contributed by atoms with Crippen molar-refractivity contribution in [3.8, 4) is 28.7 Å². The predicted octanol–water partition coefficient (Wildman–Crippen LogP) is 4.25. The van der Waals surface area contributed by atoms with Gasteiger partial charge >= 0.3 is 0 Å². The van der Waals surface area contributed by atoms with Gasteiger partial charge in [-0.25, -0.2) is 0 Å². The van der Waals surface area contributed by atoms with Gasteiger partial charge in [0.1, 0.15) is 10.8 Å². The molecule has 1 aliphatic rings. The summed E-state index contributed by atoms with van der Waals surface area (Å²) in [6.07, 6.45) is 0. The quantitative estimate of drug-likeness (QED) is 0.644. The zero-order valence-electron chi connectivity index (χ0n) is 9.07. The minimum Gasteiger partial charge on any atom is -0.495 e. The van der Waals surface area contributed by atoms with Crippen molar-refractivity contribution >= 4 is 11.6 Å². The summed E-state index contributed by atoms with van der Waals surface area (Å²) in [4.78, 5) is 0. The molecule has 86 valence electrons. The van der Waals surface area contributed by atoms with Crippen molar-refractivity contribution in [3.05, 3.63) is 41.4 Å². The van der Waals surface area contributed by atoms with E-state index in [9.17, 15) is 0 Å². The van der Waals surface area contributed by atoms with Crippen LogP contribution >= 0.6 is 11.6 Å². The molecule has 4 heteroatoms. The lowest BCUT2D eigenvalue weighted by Crippen LogP contribution is -2.00. The number of hydrogen-bond acceptors (Lipinski definition) is 3. The van der Waals surface area contributed by atoms with Crippen LogP contribution in [-0.4, -0.2) is 7.11 Å². The van der Waals surface area contributed by atoms with Gasteiger partial charge in [-0.15, -0.1) is 0 Å². The molecule has 0 fully saturated rings. The largest absolute Gasteiger partial charge is 0.495 e. The lowest BCUT2D eigenvalue weighted by molar-refractivity contribution is 0.353. The van der Waals surface area contributed by atoms with Gasteiger partial charge in [-0.2, -0.15) is 0 Å². The smallest absolute Gasteiger partial charge is 0.192 e. The van der Waals surface area contributed by atoms with E-state index in [1.807, 2.05) is 24.3 Å². The van der Waals surface area contributed by atoms with E-state index in [2.05, 4.69) is 0 Å². The summed E-state index contributed by atoms with van der Waals surface area (Å²) in [5, 5.41) is 0.416. The van der Waals surface area contributed by atoms with Crippen molar-refractivity contribution < 1.29 is 14.2 Å². The number of benzene rings is 2. The van der Waals surface area contributed by atoms with Crippen LogP contribution in [0.15, 0.2) is 36.4 Å². The first-order valence-corrected chi connectivity index (χ1v) is 5.48. The highest BCUT2D eigenvalue weighted by Gasteiger charge is 2.22. The molecule has 0 aliphatic carbocycles. The third-order valence-electron chi connectivity index (χ3n) is 2.53. The normalized spacial score (nSPS) is 11.9. The van der Waals surface area contributed by atoms with E-state index in [0.717, 1.165) is 0 Å². The van der Waals surface area contributed by atoms with Crippen LogP contribution in [0.3, 0.4) is 0 Å². The van der Waals surface area contributed by atoms with Crippen LogP contribution in [0.4, 0.5) is 0 Å². The Morgan fingerprint density at radius 3 is 2.35 bits per heavy atom. The van der Waals surface area contributed by atoms with E-state index in [4.69, 9.17) is 25.8 Å². The molecule has 3 rings (SSSR count). The lowest BCUT2D eigenvalue weighted by Gasteiger charge is -2.21. The van der Waals surface area contributed by atoms with Gasteiger partial charge in [0.05, 0.1) is 7.11 Å². The maximum absolute atomic E-state index is 6.16. The molecule has 1 heterocycles. The van der Waals surface area contributed by atoms with Gasteiger partial charge in [-0.3, -0.25) is 0 Å². The fourth-order valence-corrected chi connectivity index (χ4v) is 1.97. The van der Waals surface area contributed by atoms with Gasteiger partial charge in [0, 0.05) is 0 Å². The van der Waals surface area contributed by atoms with E-state index < -0.39 is 0 Å². The second-order valence-electron chi connectivity index (χ2n) is 3.56. The number of ether oxygens (including phenoxy) is 3. The minimum atomic E-state index is 0.416. The van der Waals surface area contributed by atoms with Crippen molar-refractivity contribution in [2.24, 2.45) is 0 Å². The molecule has 2 aromatic carbocycles. The van der Waals surface area contributed by atoms with Crippen LogP contribution < -0.4 is 14.2 Å². The van der Waals surface area contributed by atoms with E-state index in [1.54, 1.807) is 19.2 Å². The number of methoxy groups -OCH3 is 1. The minimum absolute atomic E-state index is 0.416. The Hall–Kier alpha value is -1.87. The third kappa shape index (κ3) is 1.59. The highest BCUT2D eigenvalue weighted by Crippen LogP contribution is 2.50. The Morgan fingerprint density at radius 2 is 1.65 bits per heavy atom. The van der Waals surface area contributed by atoms with Gasteiger partial charge in [0.25, 0.3) is 0 Å². The van der Waals surface area contributed by atoms with E-state index in [-0.39, 0.29) is 0 Å². The molecular formula is C13H9ClO3. The second-order valence-corrected chi connectivity index (χ2v) is 3.94. The molecule has 0 saturated carbocycles. The third-order valence-corrected chi connectivity index (χ3v) is 2.88. The van der Waals surface area contributed by atoms with Crippen molar-refractivity contribution in [2.75, 3.05) is 7.11 Å². The van der Waals surface area contributed by atoms with Gasteiger partial charge in [-0.1, -0.05) is 23.7 Å². The molecule has 0 radical (unpaired) electrons. The van der Waals surface area contributed by atoms with Crippen LogP contribution in [0.1, 0.15) is 0 Å². The zero-order chi connectivity index (χ0) is 11.8. The van der Waals surface area contributed by atoms with E-state index >= 15 is 0 Å². The maximum atomic E-state index is 6.16. The summed E-state index contributed by atoms with van der Waals surface area (Å²) in [5.74, 6) is 2.98. The zero-order valence-corrected chi connectivity index (χ0v) is 9.82. The van der Waals surface area contributed by atoms with Gasteiger partial charge in [-0.05, 0) is 24.3 Å². The topological polar surface area (TPSA) is 27.7 Å². The Kier molecular flexibility index (Phi) is 2.34. The highest BCUT2D eigenvalue weighted by molar-refractivity contribution is 6.33. The Bertz CT molecular complexity index is 581. The SMILES string of the molecule is COc1ccc2c(c1Cl)Oc1ccccc1O2. The fraction of sp³-hybridized carbons (Fsp3) is 0.0769. The van der Waals surface area contributed by atoms with Gasteiger partial charge in [0.2, 0.25) is 0 Å². The second kappa shape index (κ2) is 3.86. The average Bonchev–Trinajstić information content (AvgIpc) is 2.37. The molecule has 1 aliphatic heterocycles. The first kappa shape index (κ1) is 10.3. The van der Waals surface area contributed by atoms with Crippen molar-refractivity contribution in [2.45, 2.75) is 0 Å². The average molecular weight is 249 g/mol. The molecule has 0 N–H and O–H groups in total. The number of fused-ring (bicyclic) bond motifs is 2. The Labute approximate surface area is 103 Å². The molecule has 0 saturated heterocycles. The van der Waals surface area contributed by atoms with Crippen LogP contribution in [0.25, 0.3) is 0 Å². The van der Waals surface area contributed by atoms with Gasteiger partial charge < -0.3 is 14.2 Å². The first-order chi connectivity index (χ1) is 8.29. The molecule has 17 heavy (non-hydrogen) atoms. The fourth-order valence-electron chi connectivity index (χ4n) is 1.70. The van der Waals surface area contributed by atoms with Crippen LogP contribution in [0.2, 0.25) is 5.02 Å². The summed E-state index contributed by atoms with van der Waals surface area (Å²) < 4.78 is 16.5. The molecule has 0 atom stereocenters. The Balaban J connectivity index is 2.12. The molecule has 0 spiro atoms. The molecule has 0 unspecified atom stereocenters. The van der Waals surface area contributed by atoms with Crippen molar-refractivity contribution in [1.29, 1.82) is 0 Å². The van der Waals surface area contributed by atoms with Gasteiger partial charge in [0.15, 0.2) is 23.0 Å². The van der Waals surface area contributed by atoms with Crippen molar-refractivity contribution in [1.82, 2.24) is 0 Å². The van der Waals surface area contributed by atoms with E-state index in [0.29, 0.717) is 33.8 Å². The standard InChI is InChI=1S/C13H9ClO3/c1-15-10-6-7-11-13(12(10)14)17-9-5-3-2-4-8(9)16-11/h2-7H,1H3. The summed E-state index contributed by atoms with van der Waals surface area (Å²) in [5.41, 5.74) is 0. The molecule has 3 nitrogen and oxygen atoms in total. The summed E-state index contributed by atoms with van der Waals surface area (Å²) in [7, 11) is 1.56. The molecule has 0 bridgehead atoms. The first-order valence-electron chi connectivity index (χ1n) is 5.11. The maximum Gasteiger partial charge on any atom is 0.192 e. The molecular weight excluding hydrogens is 240 g/mol. The van der Waals surface area contributed by atoms with E-state index in [1.165, 1.54) is 0 Å². The van der Waals surface area contributed by atoms with Crippen LogP contribution in [0.5, 0.6) is 28.7 Å². The molecule has 2 aromatic rings. The van der Waals surface area contributed by atoms with Crippen molar-refractivity contribution in [3.63, 3.8) is 0 Å². The summed E-state index contributed by atoms with van der Waals surface area (Å²) in [6.45, 7) is 0. The lowest BCUT2D eigenvalue weighted by atomic mass is 10.2. The molecule has 0 amide bonds. The summed E-state index contributed by atoms with van der Waals surface area (Å²) >= 11 is 6.16. The number of hydrogen-bond donors (Lipinski definition) is 0. The number of para-hydroxylation sites is 2. The summed E-state index contributed by atoms with van der Waals surface area (Å²) in [6, 6.07) is 11.0. The monoisotopic (exact) mass is 248 g/mol. The number of halogens is 1. The van der Waals surface area contributed by atoms with Crippen LogP contribution in [0, 0.1) is 0 Å². The van der Waals surface area contributed by atoms with Crippen LogP contribution in [-0.2, 0) is 0 Å². The highest BCUT2D eigenvalue weighted by atomic mass is 35.5. The number of rotatable bonds is 1. The Morgan fingerprint density at radius 1 is 0.941 bits per heavy atom.